The molecule has 0 spiro atoms. The first-order valence-electron chi connectivity index (χ1n) is 7.67. The second-order valence-electron chi connectivity index (χ2n) is 5.64. The largest absolute Gasteiger partial charge is 0.465 e. The van der Waals surface area contributed by atoms with Crippen molar-refractivity contribution in [3.63, 3.8) is 0 Å². The van der Waals surface area contributed by atoms with Crippen LogP contribution < -0.4 is 5.46 Å². The van der Waals surface area contributed by atoms with Gasteiger partial charge in [0.05, 0.1) is 29.4 Å². The topological polar surface area (TPSA) is 31.2 Å². The number of hydrogen-bond donors (Lipinski definition) is 0. The number of rotatable bonds is 2. The molecule has 0 aliphatic rings. The van der Waals surface area contributed by atoms with Gasteiger partial charge in [0, 0.05) is 10.8 Å². The molecule has 0 unspecified atom stereocenters. The molecule has 4 aromatic rings. The van der Waals surface area contributed by atoms with Crippen LogP contribution in [0.2, 0.25) is 0 Å². The number of carbonyl (C=O) groups excluding carboxylic acids is 1. The summed E-state index contributed by atoms with van der Waals surface area (Å²) in [5.41, 5.74) is 4.06. The average Bonchev–Trinajstić information content (AvgIpc) is 2.94. The van der Waals surface area contributed by atoms with Crippen molar-refractivity contribution in [2.24, 2.45) is 0 Å². The molecule has 0 amide bonds. The lowest BCUT2D eigenvalue weighted by atomic mass is 9.94. The highest BCUT2D eigenvalue weighted by Gasteiger charge is 2.17. The molecule has 4 heteroatoms. The van der Waals surface area contributed by atoms with Gasteiger partial charge in [-0.05, 0) is 24.3 Å². The fourth-order valence-corrected chi connectivity index (χ4v) is 3.20. The minimum absolute atomic E-state index is 0.355. The lowest BCUT2D eigenvalue weighted by Gasteiger charge is -2.12. The lowest BCUT2D eigenvalue weighted by Crippen LogP contribution is -2.08. The van der Waals surface area contributed by atoms with Crippen molar-refractivity contribution >= 4 is 41.1 Å². The van der Waals surface area contributed by atoms with Crippen molar-refractivity contribution in [1.82, 2.24) is 4.57 Å². The molecule has 0 bridgehead atoms. The highest BCUT2D eigenvalue weighted by Crippen LogP contribution is 2.32. The molecule has 4 rings (SSSR count). The van der Waals surface area contributed by atoms with Crippen molar-refractivity contribution in [2.45, 2.75) is 0 Å². The first-order chi connectivity index (χ1) is 11.7. The Bertz CT molecular complexity index is 1080. The van der Waals surface area contributed by atoms with E-state index in [0.29, 0.717) is 11.0 Å². The molecule has 0 saturated carbocycles. The van der Waals surface area contributed by atoms with Gasteiger partial charge in [0.2, 0.25) is 0 Å². The van der Waals surface area contributed by atoms with Crippen LogP contribution in [0, 0.1) is 0 Å². The zero-order valence-electron chi connectivity index (χ0n) is 13.2. The van der Waals surface area contributed by atoms with E-state index in [1.165, 1.54) is 7.11 Å². The Balaban J connectivity index is 2.16. The zero-order valence-corrected chi connectivity index (χ0v) is 13.2. The Morgan fingerprint density at radius 3 is 2.46 bits per heavy atom. The van der Waals surface area contributed by atoms with Gasteiger partial charge in [-0.2, -0.15) is 0 Å². The number of methoxy groups -OCH3 is 1. The molecule has 0 N–H and O–H groups in total. The molecule has 1 heterocycles. The summed E-state index contributed by atoms with van der Waals surface area (Å²) in [5.74, 6) is -0.355. The minimum Gasteiger partial charge on any atom is -0.465 e. The SMILES string of the molecule is [B]c1ccc2c(c1)c1ccccc1n2-c1ccccc1C(=O)OC. The van der Waals surface area contributed by atoms with Crippen LogP contribution in [-0.2, 0) is 4.74 Å². The van der Waals surface area contributed by atoms with Crippen LogP contribution in [0.15, 0.2) is 66.7 Å². The Morgan fingerprint density at radius 1 is 0.917 bits per heavy atom. The van der Waals surface area contributed by atoms with Gasteiger partial charge in [-0.3, -0.25) is 0 Å². The number of para-hydroxylation sites is 2. The van der Waals surface area contributed by atoms with E-state index in [-0.39, 0.29) is 5.97 Å². The number of ether oxygens (including phenoxy) is 1. The lowest BCUT2D eigenvalue weighted by molar-refractivity contribution is 0.0601. The smallest absolute Gasteiger partial charge is 0.339 e. The van der Waals surface area contributed by atoms with Gasteiger partial charge in [0.1, 0.15) is 7.85 Å². The van der Waals surface area contributed by atoms with E-state index >= 15 is 0 Å². The van der Waals surface area contributed by atoms with Crippen LogP contribution in [0.5, 0.6) is 0 Å². The molecule has 0 atom stereocenters. The maximum atomic E-state index is 12.2. The van der Waals surface area contributed by atoms with Gasteiger partial charge >= 0.3 is 5.97 Å². The maximum Gasteiger partial charge on any atom is 0.339 e. The second-order valence-corrected chi connectivity index (χ2v) is 5.64. The molecule has 24 heavy (non-hydrogen) atoms. The molecular weight excluding hydrogens is 297 g/mol. The molecule has 3 nitrogen and oxygen atoms in total. The van der Waals surface area contributed by atoms with Gasteiger partial charge in [-0.25, -0.2) is 4.79 Å². The third-order valence-electron chi connectivity index (χ3n) is 4.25. The normalized spacial score (nSPS) is 11.0. The van der Waals surface area contributed by atoms with Gasteiger partial charge in [-0.15, -0.1) is 0 Å². The predicted octanol–water partition coefficient (Wildman–Crippen LogP) is 3.36. The van der Waals surface area contributed by atoms with E-state index in [2.05, 4.69) is 10.6 Å². The van der Waals surface area contributed by atoms with E-state index in [1.54, 1.807) is 6.07 Å². The summed E-state index contributed by atoms with van der Waals surface area (Å²) in [6.07, 6.45) is 0. The summed E-state index contributed by atoms with van der Waals surface area (Å²) >= 11 is 0. The fourth-order valence-electron chi connectivity index (χ4n) is 3.20. The molecular formula is C20H14BNO2. The minimum atomic E-state index is -0.355. The summed E-state index contributed by atoms with van der Waals surface area (Å²) in [6, 6.07) is 21.4. The highest BCUT2D eigenvalue weighted by atomic mass is 16.5. The number of esters is 1. The first kappa shape index (κ1) is 14.6. The van der Waals surface area contributed by atoms with Gasteiger partial charge < -0.3 is 9.30 Å². The summed E-state index contributed by atoms with van der Waals surface area (Å²) in [5, 5.41) is 2.16. The molecule has 2 radical (unpaired) electrons. The Morgan fingerprint density at radius 2 is 1.62 bits per heavy atom. The van der Waals surface area contributed by atoms with Crippen molar-refractivity contribution in [2.75, 3.05) is 7.11 Å². The van der Waals surface area contributed by atoms with E-state index in [0.717, 1.165) is 27.5 Å². The number of nitrogens with zero attached hydrogens (tertiary/aromatic N) is 1. The molecule has 0 saturated heterocycles. The number of fused-ring (bicyclic) bond motifs is 3. The Kier molecular flexibility index (Phi) is 3.38. The molecule has 114 valence electrons. The predicted molar refractivity (Wildman–Crippen MR) is 97.5 cm³/mol. The van der Waals surface area contributed by atoms with Crippen LogP contribution in [0.4, 0.5) is 0 Å². The van der Waals surface area contributed by atoms with E-state index in [9.17, 15) is 4.79 Å². The summed E-state index contributed by atoms with van der Waals surface area (Å²) < 4.78 is 7.03. The molecule has 0 fully saturated rings. The van der Waals surface area contributed by atoms with Crippen LogP contribution in [-0.4, -0.2) is 25.5 Å². The summed E-state index contributed by atoms with van der Waals surface area (Å²) in [7, 11) is 7.37. The van der Waals surface area contributed by atoms with Crippen molar-refractivity contribution in [1.29, 1.82) is 0 Å². The van der Waals surface area contributed by atoms with Crippen molar-refractivity contribution in [3.05, 3.63) is 72.3 Å². The molecule has 3 aromatic carbocycles. The summed E-state index contributed by atoms with van der Waals surface area (Å²) in [6.45, 7) is 0. The highest BCUT2D eigenvalue weighted by molar-refractivity contribution is 6.34. The molecule has 1 aromatic heterocycles. The van der Waals surface area contributed by atoms with Crippen LogP contribution in [0.1, 0.15) is 10.4 Å². The monoisotopic (exact) mass is 311 g/mol. The summed E-state index contributed by atoms with van der Waals surface area (Å²) in [4.78, 5) is 12.2. The van der Waals surface area contributed by atoms with E-state index in [4.69, 9.17) is 12.6 Å². The number of carbonyl (C=O) groups is 1. The van der Waals surface area contributed by atoms with E-state index < -0.39 is 0 Å². The third-order valence-corrected chi connectivity index (χ3v) is 4.25. The Labute approximate surface area is 140 Å². The van der Waals surface area contributed by atoms with E-state index in [1.807, 2.05) is 54.6 Å². The van der Waals surface area contributed by atoms with Crippen molar-refractivity contribution in [3.8, 4) is 5.69 Å². The standard InChI is InChI=1S/C20H14BNO2/c1-24-20(23)15-7-3-5-9-18(15)22-17-8-4-2-6-14(17)16-12-13(21)10-11-19(16)22/h2-12H,1H3. The van der Waals surface area contributed by atoms with Gasteiger partial charge in [0.25, 0.3) is 0 Å². The zero-order chi connectivity index (χ0) is 16.7. The van der Waals surface area contributed by atoms with Crippen LogP contribution in [0.3, 0.4) is 0 Å². The maximum absolute atomic E-state index is 12.2. The van der Waals surface area contributed by atoms with Crippen molar-refractivity contribution < 1.29 is 9.53 Å². The number of benzene rings is 3. The van der Waals surface area contributed by atoms with Gasteiger partial charge in [-0.1, -0.05) is 47.9 Å². The number of hydrogen-bond acceptors (Lipinski definition) is 2. The second kappa shape index (κ2) is 5.57. The molecule has 0 aliphatic heterocycles. The van der Waals surface area contributed by atoms with Crippen LogP contribution in [0.25, 0.3) is 27.5 Å². The molecule has 0 aliphatic carbocycles. The average molecular weight is 311 g/mol. The fraction of sp³-hybridized carbons (Fsp3) is 0.0500. The third kappa shape index (κ3) is 2.11. The van der Waals surface area contributed by atoms with Gasteiger partial charge in [0.15, 0.2) is 0 Å². The Hall–Kier alpha value is -3.01. The number of aromatic nitrogens is 1. The quantitative estimate of drug-likeness (QED) is 0.420. The first-order valence-corrected chi connectivity index (χ1v) is 7.67. The van der Waals surface area contributed by atoms with Crippen LogP contribution >= 0.6 is 0 Å².